The van der Waals surface area contributed by atoms with Crippen molar-refractivity contribution in [2.24, 2.45) is 5.73 Å². The quantitative estimate of drug-likeness (QED) is 0.860. The van der Waals surface area contributed by atoms with E-state index in [0.717, 1.165) is 12.8 Å². The van der Waals surface area contributed by atoms with Crippen LogP contribution >= 0.6 is 0 Å². The van der Waals surface area contributed by atoms with Crippen LogP contribution in [0.25, 0.3) is 10.9 Å². The molecule has 1 aromatic heterocycles. The second-order valence-electron chi connectivity index (χ2n) is 4.47. The van der Waals surface area contributed by atoms with Crippen molar-refractivity contribution >= 4 is 10.9 Å². The number of fused-ring (bicyclic) bond motifs is 1. The van der Waals surface area contributed by atoms with Gasteiger partial charge in [0, 0.05) is 24.9 Å². The SMILES string of the molecule is CCC(N)Cc1ccc2c(ccn2COC)c1. The first kappa shape index (κ1) is 12.1. The van der Waals surface area contributed by atoms with E-state index in [4.69, 9.17) is 10.5 Å². The molecular formula is C14H20N2O. The zero-order chi connectivity index (χ0) is 12.3. The van der Waals surface area contributed by atoms with Crippen LogP contribution in [-0.4, -0.2) is 17.7 Å². The molecule has 2 aromatic rings. The fraction of sp³-hybridized carbons (Fsp3) is 0.429. The van der Waals surface area contributed by atoms with Crippen LogP contribution in [0.4, 0.5) is 0 Å². The van der Waals surface area contributed by atoms with Gasteiger partial charge in [-0.3, -0.25) is 0 Å². The Bertz CT molecular complexity index is 490. The Hall–Kier alpha value is -1.32. The predicted molar refractivity (Wildman–Crippen MR) is 70.9 cm³/mol. The maximum absolute atomic E-state index is 5.98. The van der Waals surface area contributed by atoms with Crippen molar-refractivity contribution in [1.82, 2.24) is 4.57 Å². The normalized spacial score (nSPS) is 13.1. The van der Waals surface area contributed by atoms with E-state index < -0.39 is 0 Å². The van der Waals surface area contributed by atoms with Crippen LogP contribution < -0.4 is 5.73 Å². The predicted octanol–water partition coefficient (Wildman–Crippen LogP) is 2.53. The van der Waals surface area contributed by atoms with Crippen LogP contribution in [0.1, 0.15) is 18.9 Å². The van der Waals surface area contributed by atoms with Crippen LogP contribution in [0.2, 0.25) is 0 Å². The molecule has 92 valence electrons. The van der Waals surface area contributed by atoms with Crippen LogP contribution in [0.15, 0.2) is 30.5 Å². The molecule has 0 aliphatic heterocycles. The number of hydrogen-bond donors (Lipinski definition) is 1. The number of rotatable bonds is 5. The van der Waals surface area contributed by atoms with Crippen LogP contribution in [0.3, 0.4) is 0 Å². The summed E-state index contributed by atoms with van der Waals surface area (Å²) in [5.74, 6) is 0. The van der Waals surface area contributed by atoms with Gasteiger partial charge in [0.05, 0.1) is 0 Å². The lowest BCUT2D eigenvalue weighted by Gasteiger charge is -2.09. The number of methoxy groups -OCH3 is 1. The van der Waals surface area contributed by atoms with Crippen molar-refractivity contribution in [3.63, 3.8) is 0 Å². The smallest absolute Gasteiger partial charge is 0.122 e. The Morgan fingerprint density at radius 3 is 2.88 bits per heavy atom. The number of benzene rings is 1. The van der Waals surface area contributed by atoms with Gasteiger partial charge in [-0.1, -0.05) is 13.0 Å². The second-order valence-corrected chi connectivity index (χ2v) is 4.47. The van der Waals surface area contributed by atoms with Crippen molar-refractivity contribution in [3.8, 4) is 0 Å². The molecule has 3 heteroatoms. The van der Waals surface area contributed by atoms with E-state index in [1.807, 2.05) is 0 Å². The highest BCUT2D eigenvalue weighted by molar-refractivity contribution is 5.80. The summed E-state index contributed by atoms with van der Waals surface area (Å²) >= 11 is 0. The lowest BCUT2D eigenvalue weighted by molar-refractivity contribution is 0.135. The van der Waals surface area contributed by atoms with Gasteiger partial charge < -0.3 is 15.0 Å². The lowest BCUT2D eigenvalue weighted by atomic mass is 10.0. The summed E-state index contributed by atoms with van der Waals surface area (Å²) in [5, 5.41) is 1.25. The van der Waals surface area contributed by atoms with Crippen LogP contribution in [0, 0.1) is 0 Å². The molecule has 0 radical (unpaired) electrons. The van der Waals surface area contributed by atoms with Gasteiger partial charge in [-0.05, 0) is 42.0 Å². The fourth-order valence-corrected chi connectivity index (χ4v) is 2.08. The van der Waals surface area contributed by atoms with E-state index >= 15 is 0 Å². The second kappa shape index (κ2) is 5.34. The third kappa shape index (κ3) is 2.68. The molecule has 0 aliphatic rings. The molecule has 1 heterocycles. The van der Waals surface area contributed by atoms with Gasteiger partial charge in [-0.2, -0.15) is 0 Å². The van der Waals surface area contributed by atoms with Gasteiger partial charge in [0.2, 0.25) is 0 Å². The minimum absolute atomic E-state index is 0.258. The Kier molecular flexibility index (Phi) is 3.82. The number of hydrogen-bond acceptors (Lipinski definition) is 2. The number of ether oxygens (including phenoxy) is 1. The van der Waals surface area contributed by atoms with Crippen molar-refractivity contribution in [2.45, 2.75) is 32.5 Å². The first-order chi connectivity index (χ1) is 8.24. The van der Waals surface area contributed by atoms with E-state index in [-0.39, 0.29) is 6.04 Å². The van der Waals surface area contributed by atoms with E-state index in [0.29, 0.717) is 6.73 Å². The zero-order valence-corrected chi connectivity index (χ0v) is 10.5. The molecule has 0 bridgehead atoms. The van der Waals surface area contributed by atoms with Crippen molar-refractivity contribution in [3.05, 3.63) is 36.0 Å². The Balaban J connectivity index is 2.26. The summed E-state index contributed by atoms with van der Waals surface area (Å²) in [6, 6.07) is 8.90. The van der Waals surface area contributed by atoms with Gasteiger partial charge in [-0.15, -0.1) is 0 Å². The van der Waals surface area contributed by atoms with Crippen molar-refractivity contribution in [1.29, 1.82) is 0 Å². The minimum Gasteiger partial charge on any atom is -0.364 e. The molecular weight excluding hydrogens is 212 g/mol. The van der Waals surface area contributed by atoms with E-state index in [1.165, 1.54) is 16.5 Å². The molecule has 0 amide bonds. The first-order valence-electron chi connectivity index (χ1n) is 6.07. The first-order valence-corrected chi connectivity index (χ1v) is 6.07. The zero-order valence-electron chi connectivity index (χ0n) is 10.5. The lowest BCUT2D eigenvalue weighted by Crippen LogP contribution is -2.21. The van der Waals surface area contributed by atoms with E-state index in [2.05, 4.69) is 42.0 Å². The molecule has 3 nitrogen and oxygen atoms in total. The monoisotopic (exact) mass is 232 g/mol. The Morgan fingerprint density at radius 1 is 1.35 bits per heavy atom. The molecule has 0 aliphatic carbocycles. The molecule has 0 fully saturated rings. The summed E-state index contributed by atoms with van der Waals surface area (Å²) in [6.07, 6.45) is 4.02. The summed E-state index contributed by atoms with van der Waals surface area (Å²) in [5.41, 5.74) is 8.49. The number of nitrogens with zero attached hydrogens (tertiary/aromatic N) is 1. The fourth-order valence-electron chi connectivity index (χ4n) is 2.08. The third-order valence-electron chi connectivity index (χ3n) is 3.13. The average Bonchev–Trinajstić information content (AvgIpc) is 2.72. The highest BCUT2D eigenvalue weighted by atomic mass is 16.5. The molecule has 0 saturated carbocycles. The standard InChI is InChI=1S/C14H20N2O/c1-3-13(15)9-11-4-5-14-12(8-11)6-7-16(14)10-17-2/h4-8,13H,3,9-10,15H2,1-2H3. The maximum Gasteiger partial charge on any atom is 0.122 e. The molecule has 0 saturated heterocycles. The summed E-state index contributed by atoms with van der Waals surface area (Å²) in [4.78, 5) is 0. The molecule has 2 rings (SSSR count). The highest BCUT2D eigenvalue weighted by Crippen LogP contribution is 2.18. The highest BCUT2D eigenvalue weighted by Gasteiger charge is 2.04. The maximum atomic E-state index is 5.98. The number of nitrogens with two attached hydrogens (primary N) is 1. The van der Waals surface area contributed by atoms with E-state index in [9.17, 15) is 0 Å². The summed E-state index contributed by atoms with van der Waals surface area (Å²) < 4.78 is 7.25. The molecule has 17 heavy (non-hydrogen) atoms. The molecule has 1 atom stereocenters. The van der Waals surface area contributed by atoms with Gasteiger partial charge in [0.1, 0.15) is 6.73 Å². The molecule has 1 aromatic carbocycles. The van der Waals surface area contributed by atoms with Gasteiger partial charge >= 0.3 is 0 Å². The van der Waals surface area contributed by atoms with Crippen LogP contribution in [-0.2, 0) is 17.9 Å². The largest absolute Gasteiger partial charge is 0.364 e. The molecule has 1 unspecified atom stereocenters. The topological polar surface area (TPSA) is 40.2 Å². The van der Waals surface area contributed by atoms with Crippen molar-refractivity contribution < 1.29 is 4.74 Å². The van der Waals surface area contributed by atoms with Gasteiger partial charge in [-0.25, -0.2) is 0 Å². The Labute approximate surface area is 102 Å². The van der Waals surface area contributed by atoms with Gasteiger partial charge in [0.25, 0.3) is 0 Å². The van der Waals surface area contributed by atoms with E-state index in [1.54, 1.807) is 7.11 Å². The Morgan fingerprint density at radius 2 is 2.18 bits per heavy atom. The number of aromatic nitrogens is 1. The third-order valence-corrected chi connectivity index (χ3v) is 3.13. The summed E-state index contributed by atoms with van der Waals surface area (Å²) in [6.45, 7) is 2.72. The van der Waals surface area contributed by atoms with Crippen molar-refractivity contribution in [2.75, 3.05) is 7.11 Å². The van der Waals surface area contributed by atoms with Crippen LogP contribution in [0.5, 0.6) is 0 Å². The molecule has 2 N–H and O–H groups in total. The average molecular weight is 232 g/mol. The minimum atomic E-state index is 0.258. The van der Waals surface area contributed by atoms with Gasteiger partial charge in [0.15, 0.2) is 0 Å². The molecule has 0 spiro atoms. The summed E-state index contributed by atoms with van der Waals surface area (Å²) in [7, 11) is 1.71.